The van der Waals surface area contributed by atoms with Crippen LogP contribution in [0.5, 0.6) is 0 Å². The largest absolute Gasteiger partial charge is 0.327 e. The quantitative estimate of drug-likeness (QED) is 0.810. The Morgan fingerprint density at radius 2 is 2.21 bits per heavy atom. The molecule has 0 aliphatic heterocycles. The van der Waals surface area contributed by atoms with Crippen molar-refractivity contribution >= 4 is 11.8 Å². The summed E-state index contributed by atoms with van der Waals surface area (Å²) >= 11 is 1.33. The number of pyridine rings is 1. The van der Waals surface area contributed by atoms with Gasteiger partial charge in [-0.2, -0.15) is 0 Å². The van der Waals surface area contributed by atoms with Crippen molar-refractivity contribution in [3.63, 3.8) is 0 Å². The number of nitrogens with two attached hydrogens (primary N) is 1. The average molecular weight is 276 g/mol. The van der Waals surface area contributed by atoms with Crippen LogP contribution in [0.4, 0.5) is 0 Å². The molecule has 3 N–H and O–H groups in total. The van der Waals surface area contributed by atoms with Crippen molar-refractivity contribution in [2.24, 2.45) is 5.73 Å². The Kier molecular flexibility index (Phi) is 4.70. The number of rotatable bonds is 5. The van der Waals surface area contributed by atoms with Crippen LogP contribution in [0.1, 0.15) is 18.9 Å². The van der Waals surface area contributed by atoms with Gasteiger partial charge in [0.2, 0.25) is 0 Å². The van der Waals surface area contributed by atoms with E-state index in [1.165, 1.54) is 24.0 Å². The van der Waals surface area contributed by atoms with Gasteiger partial charge in [-0.25, -0.2) is 9.97 Å². The highest BCUT2D eigenvalue weighted by Crippen LogP contribution is 2.21. The van der Waals surface area contributed by atoms with Gasteiger partial charge in [-0.05, 0) is 36.2 Å². The molecule has 0 saturated heterocycles. The Morgan fingerprint density at radius 3 is 2.84 bits per heavy atom. The van der Waals surface area contributed by atoms with E-state index in [9.17, 15) is 4.79 Å². The van der Waals surface area contributed by atoms with Crippen molar-refractivity contribution in [2.75, 3.05) is 0 Å². The van der Waals surface area contributed by atoms with E-state index in [2.05, 4.69) is 21.9 Å². The number of hydrogen-bond acceptors (Lipinski definition) is 5. The van der Waals surface area contributed by atoms with Crippen molar-refractivity contribution in [2.45, 2.75) is 36.0 Å². The molecule has 1 unspecified atom stereocenters. The van der Waals surface area contributed by atoms with E-state index >= 15 is 0 Å². The molecule has 1 atom stereocenters. The number of nitrogens with one attached hydrogen (secondary N) is 1. The lowest BCUT2D eigenvalue weighted by molar-refractivity contribution is 0.644. The summed E-state index contributed by atoms with van der Waals surface area (Å²) in [5.41, 5.74) is 6.86. The molecule has 0 aliphatic rings. The molecular formula is C13H16N4OS. The monoisotopic (exact) mass is 276 g/mol. The van der Waals surface area contributed by atoms with Gasteiger partial charge < -0.3 is 10.7 Å². The SMILES string of the molecule is CCC(N)Cc1ccc(Sc2nccc(=O)[nH]2)nc1. The standard InChI is InChI=1S/C13H16N4OS/c1-2-10(14)7-9-3-4-12(16-8-9)19-13-15-6-5-11(18)17-13/h3-6,8,10H,2,7,14H2,1H3,(H,15,17,18). The predicted molar refractivity (Wildman–Crippen MR) is 75.2 cm³/mol. The Balaban J connectivity index is 2.04. The van der Waals surface area contributed by atoms with Crippen LogP contribution in [0.25, 0.3) is 0 Å². The second kappa shape index (κ2) is 6.49. The molecule has 2 aromatic rings. The first-order chi connectivity index (χ1) is 9.17. The molecule has 0 bridgehead atoms. The van der Waals surface area contributed by atoms with Gasteiger partial charge in [0, 0.05) is 24.5 Å². The first-order valence-corrected chi connectivity index (χ1v) is 6.92. The minimum absolute atomic E-state index is 0.164. The van der Waals surface area contributed by atoms with Crippen LogP contribution >= 0.6 is 11.8 Å². The smallest absolute Gasteiger partial charge is 0.251 e. The third kappa shape index (κ3) is 4.18. The molecule has 100 valence electrons. The maximum absolute atomic E-state index is 11.1. The Bertz CT molecular complexity index is 582. The van der Waals surface area contributed by atoms with E-state index < -0.39 is 0 Å². The van der Waals surface area contributed by atoms with Gasteiger partial charge in [0.15, 0.2) is 5.16 Å². The maximum atomic E-state index is 11.1. The molecule has 2 aromatic heterocycles. The van der Waals surface area contributed by atoms with Crippen LogP contribution in [-0.2, 0) is 6.42 Å². The van der Waals surface area contributed by atoms with Crippen molar-refractivity contribution in [1.82, 2.24) is 15.0 Å². The molecular weight excluding hydrogens is 260 g/mol. The van der Waals surface area contributed by atoms with Crippen LogP contribution in [-0.4, -0.2) is 21.0 Å². The van der Waals surface area contributed by atoms with E-state index in [1.807, 2.05) is 18.3 Å². The van der Waals surface area contributed by atoms with Crippen molar-refractivity contribution in [3.8, 4) is 0 Å². The summed E-state index contributed by atoms with van der Waals surface area (Å²) in [6, 6.07) is 5.47. The minimum Gasteiger partial charge on any atom is -0.327 e. The van der Waals surface area contributed by atoms with Gasteiger partial charge in [-0.1, -0.05) is 13.0 Å². The number of aromatic nitrogens is 3. The fourth-order valence-electron chi connectivity index (χ4n) is 1.54. The van der Waals surface area contributed by atoms with Crippen LogP contribution in [0.2, 0.25) is 0 Å². The van der Waals surface area contributed by atoms with Gasteiger partial charge in [0.1, 0.15) is 5.03 Å². The lowest BCUT2D eigenvalue weighted by Gasteiger charge is -2.08. The summed E-state index contributed by atoms with van der Waals surface area (Å²) < 4.78 is 0. The summed E-state index contributed by atoms with van der Waals surface area (Å²) in [5.74, 6) is 0. The second-order valence-corrected chi connectivity index (χ2v) is 5.23. The highest BCUT2D eigenvalue weighted by atomic mass is 32.2. The Morgan fingerprint density at radius 1 is 1.37 bits per heavy atom. The third-order valence-corrected chi connectivity index (χ3v) is 3.52. The van der Waals surface area contributed by atoms with Crippen molar-refractivity contribution in [3.05, 3.63) is 46.5 Å². The van der Waals surface area contributed by atoms with E-state index in [1.54, 1.807) is 0 Å². The van der Waals surface area contributed by atoms with Gasteiger partial charge in [0.25, 0.3) is 5.56 Å². The number of aromatic amines is 1. The summed E-state index contributed by atoms with van der Waals surface area (Å²) in [7, 11) is 0. The summed E-state index contributed by atoms with van der Waals surface area (Å²) in [5, 5.41) is 1.33. The van der Waals surface area contributed by atoms with Crippen LogP contribution in [0, 0.1) is 0 Å². The van der Waals surface area contributed by atoms with Gasteiger partial charge in [-0.15, -0.1) is 0 Å². The molecule has 2 heterocycles. The highest BCUT2D eigenvalue weighted by Gasteiger charge is 2.04. The van der Waals surface area contributed by atoms with Gasteiger partial charge >= 0.3 is 0 Å². The second-order valence-electron chi connectivity index (χ2n) is 4.22. The summed E-state index contributed by atoms with van der Waals surface area (Å²) in [6.07, 6.45) is 5.08. The number of nitrogens with zero attached hydrogens (tertiary/aromatic N) is 2. The molecule has 19 heavy (non-hydrogen) atoms. The predicted octanol–water partition coefficient (Wildman–Crippen LogP) is 1.60. The lowest BCUT2D eigenvalue weighted by Crippen LogP contribution is -2.21. The maximum Gasteiger partial charge on any atom is 0.251 e. The van der Waals surface area contributed by atoms with Gasteiger partial charge in [-0.3, -0.25) is 4.79 Å². The minimum atomic E-state index is -0.164. The molecule has 2 rings (SSSR count). The Hall–Kier alpha value is -1.66. The normalized spacial score (nSPS) is 12.3. The van der Waals surface area contributed by atoms with E-state index in [0.29, 0.717) is 5.16 Å². The van der Waals surface area contributed by atoms with Crippen LogP contribution < -0.4 is 11.3 Å². The molecule has 0 aromatic carbocycles. The fraction of sp³-hybridized carbons (Fsp3) is 0.308. The molecule has 0 spiro atoms. The molecule has 0 fully saturated rings. The topological polar surface area (TPSA) is 84.7 Å². The molecule has 0 radical (unpaired) electrons. The van der Waals surface area contributed by atoms with Crippen molar-refractivity contribution in [1.29, 1.82) is 0 Å². The average Bonchev–Trinajstić information content (AvgIpc) is 2.41. The highest BCUT2D eigenvalue weighted by molar-refractivity contribution is 7.99. The van der Waals surface area contributed by atoms with E-state index in [-0.39, 0.29) is 11.6 Å². The van der Waals surface area contributed by atoms with E-state index in [4.69, 9.17) is 5.73 Å². The van der Waals surface area contributed by atoms with E-state index in [0.717, 1.165) is 23.4 Å². The molecule has 0 aliphatic carbocycles. The van der Waals surface area contributed by atoms with Crippen LogP contribution in [0.3, 0.4) is 0 Å². The molecule has 6 heteroatoms. The number of H-pyrrole nitrogens is 1. The lowest BCUT2D eigenvalue weighted by atomic mass is 10.1. The summed E-state index contributed by atoms with van der Waals surface area (Å²) in [4.78, 5) is 22.2. The molecule has 0 amide bonds. The van der Waals surface area contributed by atoms with Crippen LogP contribution in [0.15, 0.2) is 45.6 Å². The van der Waals surface area contributed by atoms with Gasteiger partial charge in [0.05, 0.1) is 0 Å². The zero-order chi connectivity index (χ0) is 13.7. The third-order valence-electron chi connectivity index (χ3n) is 2.67. The Labute approximate surface area is 115 Å². The fourth-order valence-corrected chi connectivity index (χ4v) is 2.25. The molecule has 0 saturated carbocycles. The zero-order valence-electron chi connectivity index (χ0n) is 10.7. The van der Waals surface area contributed by atoms with Crippen molar-refractivity contribution < 1.29 is 0 Å². The summed E-state index contributed by atoms with van der Waals surface area (Å²) in [6.45, 7) is 2.07. The first-order valence-electron chi connectivity index (χ1n) is 6.11. The molecule has 5 nitrogen and oxygen atoms in total. The first kappa shape index (κ1) is 13.8. The zero-order valence-corrected chi connectivity index (χ0v) is 11.5. The number of hydrogen-bond donors (Lipinski definition) is 2.